The Morgan fingerprint density at radius 1 is 1.09 bits per heavy atom. The molecule has 0 fully saturated rings. The van der Waals surface area contributed by atoms with Crippen LogP contribution >= 0.6 is 11.6 Å². The normalized spacial score (nSPS) is 12.0. The van der Waals surface area contributed by atoms with Gasteiger partial charge in [0.1, 0.15) is 24.0 Å². The molecule has 2 heterocycles. The van der Waals surface area contributed by atoms with Gasteiger partial charge < -0.3 is 20.1 Å². The van der Waals surface area contributed by atoms with Gasteiger partial charge in [-0.15, -0.1) is 5.10 Å². The van der Waals surface area contributed by atoms with Crippen molar-refractivity contribution in [2.24, 2.45) is 0 Å². The van der Waals surface area contributed by atoms with Gasteiger partial charge in [0.15, 0.2) is 0 Å². The maximum absolute atomic E-state index is 15.3. The first kappa shape index (κ1) is 30.3. The number of benzene rings is 3. The fourth-order valence-electron chi connectivity index (χ4n) is 4.53. The van der Waals surface area contributed by atoms with Crippen molar-refractivity contribution in [2.75, 3.05) is 19.4 Å². The molecule has 1 unspecified atom stereocenters. The van der Waals surface area contributed by atoms with E-state index >= 15 is 4.39 Å². The minimum Gasteiger partial charge on any atom is -0.340 e. The van der Waals surface area contributed by atoms with Gasteiger partial charge in [-0.05, 0) is 66.5 Å². The van der Waals surface area contributed by atoms with E-state index in [2.05, 4.69) is 31.1 Å². The van der Waals surface area contributed by atoms with Crippen LogP contribution in [-0.2, 0) is 22.6 Å². The molecule has 0 saturated heterocycles. The summed E-state index contributed by atoms with van der Waals surface area (Å²) in [7, 11) is 3.84. The summed E-state index contributed by atoms with van der Waals surface area (Å²) in [6, 6.07) is 17.8. The van der Waals surface area contributed by atoms with E-state index in [0.29, 0.717) is 28.5 Å². The SMILES string of the molecule is CN(C)Cc1nccn1-c1ccc(NC(=O)C(Cc2ccccc2)NC(=O)/C=C/c2cc(Cl)ccc2-n2cnnn2)c(F)c1. The van der Waals surface area contributed by atoms with E-state index in [1.807, 2.05) is 49.3 Å². The molecule has 0 saturated carbocycles. The number of amides is 2. The number of tetrazole rings is 1. The van der Waals surface area contributed by atoms with Gasteiger partial charge in [-0.3, -0.25) is 9.59 Å². The third kappa shape index (κ3) is 7.60. The molecule has 0 aliphatic rings. The van der Waals surface area contributed by atoms with Crippen LogP contribution in [0.15, 0.2) is 91.5 Å². The van der Waals surface area contributed by atoms with Crippen LogP contribution < -0.4 is 10.6 Å². The first-order valence-corrected chi connectivity index (χ1v) is 14.0. The second-order valence-electron chi connectivity index (χ2n) is 10.1. The molecule has 2 amide bonds. The molecule has 11 nitrogen and oxygen atoms in total. The third-order valence-electron chi connectivity index (χ3n) is 6.58. The molecular formula is C31H29ClFN9O2. The van der Waals surface area contributed by atoms with Crippen LogP contribution in [0, 0.1) is 5.82 Å². The first-order chi connectivity index (χ1) is 21.3. The van der Waals surface area contributed by atoms with Gasteiger partial charge in [0.2, 0.25) is 11.8 Å². The fraction of sp³-hybridized carbons (Fsp3) is 0.161. The van der Waals surface area contributed by atoms with Crippen molar-refractivity contribution in [1.82, 2.24) is 40.0 Å². The number of carbonyl (C=O) groups is 2. The Balaban J connectivity index is 1.34. The molecule has 2 aromatic heterocycles. The zero-order valence-corrected chi connectivity index (χ0v) is 24.7. The van der Waals surface area contributed by atoms with Gasteiger partial charge in [-0.2, -0.15) is 4.68 Å². The van der Waals surface area contributed by atoms with E-state index in [1.54, 1.807) is 47.3 Å². The molecule has 3 aromatic carbocycles. The van der Waals surface area contributed by atoms with Crippen LogP contribution in [0.25, 0.3) is 17.5 Å². The predicted molar refractivity (Wildman–Crippen MR) is 165 cm³/mol. The highest BCUT2D eigenvalue weighted by Gasteiger charge is 2.22. The molecular weight excluding hydrogens is 585 g/mol. The Morgan fingerprint density at radius 3 is 2.64 bits per heavy atom. The Bertz CT molecular complexity index is 1770. The highest BCUT2D eigenvalue weighted by Crippen LogP contribution is 2.22. The minimum absolute atomic E-state index is 0.0131. The molecule has 13 heteroatoms. The molecule has 5 rings (SSSR count). The monoisotopic (exact) mass is 613 g/mol. The number of aromatic nitrogens is 6. The van der Waals surface area contributed by atoms with Crippen LogP contribution in [-0.4, -0.2) is 66.6 Å². The number of imidazole rings is 1. The van der Waals surface area contributed by atoms with Crippen LogP contribution in [0.3, 0.4) is 0 Å². The highest BCUT2D eigenvalue weighted by molar-refractivity contribution is 6.30. The zero-order valence-electron chi connectivity index (χ0n) is 23.9. The topological polar surface area (TPSA) is 123 Å². The molecule has 0 aliphatic carbocycles. The molecule has 0 bridgehead atoms. The lowest BCUT2D eigenvalue weighted by atomic mass is 10.0. The average Bonchev–Trinajstić information content (AvgIpc) is 3.70. The van der Waals surface area contributed by atoms with Crippen LogP contribution in [0.5, 0.6) is 0 Å². The number of carbonyl (C=O) groups excluding carboxylic acids is 2. The number of rotatable bonds is 11. The van der Waals surface area contributed by atoms with Crippen molar-refractivity contribution >= 4 is 35.2 Å². The molecule has 0 aliphatic heterocycles. The molecule has 224 valence electrons. The second kappa shape index (κ2) is 13.8. The van der Waals surface area contributed by atoms with E-state index in [4.69, 9.17) is 11.6 Å². The maximum atomic E-state index is 15.3. The first-order valence-electron chi connectivity index (χ1n) is 13.6. The standard InChI is InChI=1S/C31H29ClFN9O2/c1-40(2)19-29-34-14-15-41(29)24-10-11-26(25(33)18-24)37-31(44)27(16-21-6-4-3-5-7-21)36-30(43)13-8-22-17-23(32)9-12-28(22)42-20-35-38-39-42/h3-15,17-18,20,27H,16,19H2,1-2H3,(H,36,43)(H,37,44)/b13-8+. The molecule has 0 radical (unpaired) electrons. The van der Waals surface area contributed by atoms with Crippen molar-refractivity contribution in [1.29, 1.82) is 0 Å². The summed E-state index contributed by atoms with van der Waals surface area (Å²) in [4.78, 5) is 32.8. The lowest BCUT2D eigenvalue weighted by Gasteiger charge is -2.19. The average molecular weight is 614 g/mol. The smallest absolute Gasteiger partial charge is 0.247 e. The van der Waals surface area contributed by atoms with Gasteiger partial charge in [0, 0.05) is 47.2 Å². The van der Waals surface area contributed by atoms with Crippen molar-refractivity contribution in [3.8, 4) is 11.4 Å². The summed E-state index contributed by atoms with van der Waals surface area (Å²) >= 11 is 6.18. The van der Waals surface area contributed by atoms with E-state index < -0.39 is 23.7 Å². The summed E-state index contributed by atoms with van der Waals surface area (Å²) in [6.45, 7) is 0.568. The summed E-state index contributed by atoms with van der Waals surface area (Å²) in [6.07, 6.45) is 7.84. The lowest BCUT2D eigenvalue weighted by Crippen LogP contribution is -2.44. The summed E-state index contributed by atoms with van der Waals surface area (Å²) in [5, 5.41) is 17.0. The van der Waals surface area contributed by atoms with E-state index in [0.717, 1.165) is 11.4 Å². The Kier molecular flexibility index (Phi) is 9.52. The van der Waals surface area contributed by atoms with E-state index in [1.165, 1.54) is 29.2 Å². The number of anilines is 1. The van der Waals surface area contributed by atoms with Crippen LogP contribution in [0.2, 0.25) is 5.02 Å². The summed E-state index contributed by atoms with van der Waals surface area (Å²) in [5.74, 6) is -0.989. The fourth-order valence-corrected chi connectivity index (χ4v) is 4.71. The van der Waals surface area contributed by atoms with Crippen molar-refractivity contribution < 1.29 is 14.0 Å². The van der Waals surface area contributed by atoms with Crippen molar-refractivity contribution in [2.45, 2.75) is 19.0 Å². The molecule has 44 heavy (non-hydrogen) atoms. The Hall–Kier alpha value is -5.20. The van der Waals surface area contributed by atoms with Crippen molar-refractivity contribution in [3.05, 3.63) is 119 Å². The maximum Gasteiger partial charge on any atom is 0.247 e. The molecule has 1 atom stereocenters. The predicted octanol–water partition coefficient (Wildman–Crippen LogP) is 4.08. The van der Waals surface area contributed by atoms with Gasteiger partial charge in [-0.1, -0.05) is 41.9 Å². The number of hydrogen-bond donors (Lipinski definition) is 2. The molecule has 0 spiro atoms. The second-order valence-corrected chi connectivity index (χ2v) is 10.6. The zero-order chi connectivity index (χ0) is 31.1. The Labute approximate surface area is 258 Å². The highest BCUT2D eigenvalue weighted by atomic mass is 35.5. The largest absolute Gasteiger partial charge is 0.340 e. The summed E-state index contributed by atoms with van der Waals surface area (Å²) < 4.78 is 18.5. The number of nitrogens with zero attached hydrogens (tertiary/aromatic N) is 7. The lowest BCUT2D eigenvalue weighted by molar-refractivity contribution is -0.123. The van der Waals surface area contributed by atoms with Gasteiger partial charge >= 0.3 is 0 Å². The van der Waals surface area contributed by atoms with E-state index in [-0.39, 0.29) is 12.1 Å². The third-order valence-corrected chi connectivity index (χ3v) is 6.81. The quantitative estimate of drug-likeness (QED) is 0.215. The minimum atomic E-state index is -1.01. The molecule has 2 N–H and O–H groups in total. The summed E-state index contributed by atoms with van der Waals surface area (Å²) in [5.41, 5.74) is 2.55. The number of nitrogens with one attached hydrogen (secondary N) is 2. The van der Waals surface area contributed by atoms with Crippen molar-refractivity contribution in [3.63, 3.8) is 0 Å². The number of halogens is 2. The van der Waals surface area contributed by atoms with Gasteiger partial charge in [0.25, 0.3) is 0 Å². The van der Waals surface area contributed by atoms with Gasteiger partial charge in [0.05, 0.1) is 17.9 Å². The van der Waals surface area contributed by atoms with Crippen LogP contribution in [0.4, 0.5) is 10.1 Å². The van der Waals surface area contributed by atoms with Gasteiger partial charge in [-0.25, -0.2) is 9.37 Å². The van der Waals surface area contributed by atoms with E-state index in [9.17, 15) is 9.59 Å². The molecule has 5 aromatic rings. The Morgan fingerprint density at radius 2 is 1.91 bits per heavy atom. The number of hydrogen-bond acceptors (Lipinski definition) is 7. The van der Waals surface area contributed by atoms with Crippen LogP contribution in [0.1, 0.15) is 17.0 Å².